The van der Waals surface area contributed by atoms with E-state index in [2.05, 4.69) is 25.9 Å². The summed E-state index contributed by atoms with van der Waals surface area (Å²) in [6.07, 6.45) is 3.64. The monoisotopic (exact) mass is 440 g/mol. The van der Waals surface area contributed by atoms with Gasteiger partial charge in [0.25, 0.3) is 11.8 Å². The van der Waals surface area contributed by atoms with Crippen LogP contribution in [0.25, 0.3) is 0 Å². The van der Waals surface area contributed by atoms with Gasteiger partial charge in [0.15, 0.2) is 11.5 Å². The molecule has 1 aliphatic rings. The highest BCUT2D eigenvalue weighted by atomic mass is 16.3. The van der Waals surface area contributed by atoms with Crippen LogP contribution in [0.15, 0.2) is 18.2 Å². The van der Waals surface area contributed by atoms with Gasteiger partial charge in [0.05, 0.1) is 11.3 Å². The zero-order valence-electron chi connectivity index (χ0n) is 19.1. The van der Waals surface area contributed by atoms with Crippen molar-refractivity contribution in [2.24, 2.45) is 5.73 Å². The molecule has 32 heavy (non-hydrogen) atoms. The van der Waals surface area contributed by atoms with E-state index in [0.717, 1.165) is 18.4 Å². The smallest absolute Gasteiger partial charge is 0.271 e. The third kappa shape index (κ3) is 5.34. The molecule has 1 aromatic carbocycles. The quantitative estimate of drug-likeness (QED) is 0.445. The van der Waals surface area contributed by atoms with E-state index < -0.39 is 11.5 Å². The molecule has 0 atom stereocenters. The molecule has 1 aromatic heterocycles. The summed E-state index contributed by atoms with van der Waals surface area (Å²) in [5.74, 6) is 0.0166. The number of nitrogens with two attached hydrogens (primary N) is 1. The number of nitrogens with zero attached hydrogens (tertiary/aromatic N) is 2. The van der Waals surface area contributed by atoms with Gasteiger partial charge in [-0.25, -0.2) is 9.97 Å². The number of anilines is 3. The van der Waals surface area contributed by atoms with Gasteiger partial charge in [0.2, 0.25) is 0 Å². The number of primary amides is 1. The molecule has 9 nitrogen and oxygen atoms in total. The van der Waals surface area contributed by atoms with Crippen LogP contribution in [0.5, 0.6) is 0 Å². The van der Waals surface area contributed by atoms with Crippen LogP contribution in [0.1, 0.15) is 71.6 Å². The third-order valence-electron chi connectivity index (χ3n) is 5.90. The Balaban J connectivity index is 1.91. The molecular weight excluding hydrogens is 408 g/mol. The normalized spacial score (nSPS) is 20.5. The minimum Gasteiger partial charge on any atom is -0.390 e. The lowest BCUT2D eigenvalue weighted by Crippen LogP contribution is -2.36. The van der Waals surface area contributed by atoms with Gasteiger partial charge in [-0.1, -0.05) is 6.92 Å². The first-order valence-corrected chi connectivity index (χ1v) is 10.9. The van der Waals surface area contributed by atoms with E-state index in [0.29, 0.717) is 42.0 Å². The fourth-order valence-corrected chi connectivity index (χ4v) is 3.94. The van der Waals surface area contributed by atoms with E-state index >= 15 is 0 Å². The number of aryl methyl sites for hydroxylation is 2. The molecule has 172 valence electrons. The first-order valence-electron chi connectivity index (χ1n) is 10.9. The summed E-state index contributed by atoms with van der Waals surface area (Å²) < 4.78 is 0. The van der Waals surface area contributed by atoms with Gasteiger partial charge in [-0.05, 0) is 69.7 Å². The fourth-order valence-electron chi connectivity index (χ4n) is 3.94. The van der Waals surface area contributed by atoms with Crippen molar-refractivity contribution in [3.8, 4) is 0 Å². The molecule has 9 heteroatoms. The Kier molecular flexibility index (Phi) is 6.98. The van der Waals surface area contributed by atoms with Crippen LogP contribution in [0, 0.1) is 6.92 Å². The largest absolute Gasteiger partial charge is 0.390 e. The van der Waals surface area contributed by atoms with E-state index in [-0.39, 0.29) is 23.5 Å². The van der Waals surface area contributed by atoms with Crippen LogP contribution >= 0.6 is 0 Å². The predicted molar refractivity (Wildman–Crippen MR) is 124 cm³/mol. The standard InChI is InChI=1S/C23H32N6O3/c1-5-17-20(26-14-8-10-23(3,32)11-9-14)29-21(18(28-17)19(24)30)27-15-6-7-16(13(2)12-15)22(31)25-4/h6-7,12,14,32H,5,8-11H2,1-4H3,(H2,24,30)(H,25,31)(H2,26,27,29)/t14-,23+. The summed E-state index contributed by atoms with van der Waals surface area (Å²) in [5, 5.41) is 19.4. The van der Waals surface area contributed by atoms with Crippen LogP contribution in [0.2, 0.25) is 0 Å². The van der Waals surface area contributed by atoms with Crippen LogP contribution in [-0.2, 0) is 6.42 Å². The number of benzene rings is 1. The summed E-state index contributed by atoms with van der Waals surface area (Å²) in [6.45, 7) is 5.64. The van der Waals surface area contributed by atoms with Crippen LogP contribution in [0.3, 0.4) is 0 Å². The van der Waals surface area contributed by atoms with E-state index in [1.165, 1.54) is 0 Å². The van der Waals surface area contributed by atoms with E-state index in [9.17, 15) is 14.7 Å². The van der Waals surface area contributed by atoms with Crippen LogP contribution < -0.4 is 21.7 Å². The van der Waals surface area contributed by atoms with Gasteiger partial charge in [-0.3, -0.25) is 9.59 Å². The molecule has 0 aliphatic heterocycles. The number of carbonyl (C=O) groups is 2. The van der Waals surface area contributed by atoms with Gasteiger partial charge in [0.1, 0.15) is 5.82 Å². The van der Waals surface area contributed by atoms with Gasteiger partial charge < -0.3 is 26.8 Å². The van der Waals surface area contributed by atoms with Crippen molar-refractivity contribution in [1.29, 1.82) is 0 Å². The molecule has 2 aromatic rings. The Hall–Kier alpha value is -3.20. The maximum absolute atomic E-state index is 12.1. The van der Waals surface area contributed by atoms with E-state index in [1.54, 1.807) is 25.2 Å². The van der Waals surface area contributed by atoms with Crippen molar-refractivity contribution in [2.45, 2.75) is 64.5 Å². The number of hydrogen-bond donors (Lipinski definition) is 5. The summed E-state index contributed by atoms with van der Waals surface area (Å²) in [6, 6.07) is 5.42. The van der Waals surface area contributed by atoms with Gasteiger partial charge >= 0.3 is 0 Å². The Bertz CT molecular complexity index is 1010. The number of rotatable bonds is 7. The number of amides is 2. The fraction of sp³-hybridized carbons (Fsp3) is 0.478. The summed E-state index contributed by atoms with van der Waals surface area (Å²) in [7, 11) is 1.58. The molecule has 6 N–H and O–H groups in total. The number of aromatic nitrogens is 2. The molecular formula is C23H32N6O3. The van der Waals surface area contributed by atoms with Crippen molar-refractivity contribution in [1.82, 2.24) is 15.3 Å². The Morgan fingerprint density at radius 3 is 2.47 bits per heavy atom. The molecule has 0 bridgehead atoms. The molecule has 0 saturated heterocycles. The molecule has 1 aliphatic carbocycles. The molecule has 2 amide bonds. The Labute approximate surface area is 188 Å². The van der Waals surface area contributed by atoms with Gasteiger partial charge in [-0.2, -0.15) is 0 Å². The third-order valence-corrected chi connectivity index (χ3v) is 5.90. The Morgan fingerprint density at radius 1 is 1.22 bits per heavy atom. The second-order valence-electron chi connectivity index (χ2n) is 8.58. The maximum Gasteiger partial charge on any atom is 0.271 e. The highest BCUT2D eigenvalue weighted by Crippen LogP contribution is 2.31. The van der Waals surface area contributed by atoms with E-state index in [4.69, 9.17) is 5.73 Å². The second kappa shape index (κ2) is 9.52. The highest BCUT2D eigenvalue weighted by Gasteiger charge is 2.29. The zero-order chi connectivity index (χ0) is 23.5. The summed E-state index contributed by atoms with van der Waals surface area (Å²) in [5.41, 5.74) is 7.69. The van der Waals surface area contributed by atoms with E-state index in [1.807, 2.05) is 20.8 Å². The minimum atomic E-state index is -0.673. The molecule has 0 spiro atoms. The maximum atomic E-state index is 12.1. The second-order valence-corrected chi connectivity index (χ2v) is 8.58. The van der Waals surface area contributed by atoms with Crippen molar-refractivity contribution >= 4 is 29.1 Å². The number of carbonyl (C=O) groups excluding carboxylic acids is 2. The van der Waals surface area contributed by atoms with Crippen molar-refractivity contribution in [2.75, 3.05) is 17.7 Å². The number of nitrogens with one attached hydrogen (secondary N) is 3. The molecule has 0 radical (unpaired) electrons. The summed E-state index contributed by atoms with van der Waals surface area (Å²) >= 11 is 0. The average molecular weight is 441 g/mol. The lowest BCUT2D eigenvalue weighted by molar-refractivity contribution is 0.0196. The average Bonchev–Trinajstić information content (AvgIpc) is 2.74. The predicted octanol–water partition coefficient (Wildman–Crippen LogP) is 2.66. The van der Waals surface area contributed by atoms with Gasteiger partial charge in [-0.15, -0.1) is 0 Å². The topological polar surface area (TPSA) is 142 Å². The molecule has 3 rings (SSSR count). The lowest BCUT2D eigenvalue weighted by atomic mass is 9.83. The van der Waals surface area contributed by atoms with Crippen molar-refractivity contribution in [3.05, 3.63) is 40.7 Å². The van der Waals surface area contributed by atoms with Crippen LogP contribution in [0.4, 0.5) is 17.3 Å². The molecule has 0 unspecified atom stereocenters. The molecule has 1 heterocycles. The first-order chi connectivity index (χ1) is 15.1. The molecule has 1 fully saturated rings. The van der Waals surface area contributed by atoms with Gasteiger partial charge in [0, 0.05) is 24.3 Å². The number of aliphatic hydroxyl groups is 1. The lowest BCUT2D eigenvalue weighted by Gasteiger charge is -2.34. The van der Waals surface area contributed by atoms with Crippen LogP contribution in [-0.4, -0.2) is 45.6 Å². The first kappa shape index (κ1) is 23.5. The molecule has 1 saturated carbocycles. The SMILES string of the molecule is CCc1nc(C(N)=O)c(Nc2ccc(C(=O)NC)c(C)c2)nc1N[C@H]1CC[C@@](C)(O)CC1. The van der Waals surface area contributed by atoms with Crippen molar-refractivity contribution < 1.29 is 14.7 Å². The summed E-state index contributed by atoms with van der Waals surface area (Å²) in [4.78, 5) is 33.2. The number of hydrogen-bond acceptors (Lipinski definition) is 7. The highest BCUT2D eigenvalue weighted by molar-refractivity contribution is 5.97. The Morgan fingerprint density at radius 2 is 1.91 bits per heavy atom. The zero-order valence-corrected chi connectivity index (χ0v) is 19.1. The minimum absolute atomic E-state index is 0.0620. The van der Waals surface area contributed by atoms with Crippen molar-refractivity contribution in [3.63, 3.8) is 0 Å².